The molecule has 3 heterocycles. The summed E-state index contributed by atoms with van der Waals surface area (Å²) in [5, 5.41) is 0.438. The summed E-state index contributed by atoms with van der Waals surface area (Å²) in [5.41, 5.74) is 0.628. The predicted octanol–water partition coefficient (Wildman–Crippen LogP) is 4.46. The Hall–Kier alpha value is -2.93. The molecule has 0 N–H and O–H groups in total. The van der Waals surface area contributed by atoms with Crippen LogP contribution in [0.25, 0.3) is 10.1 Å². The molecule has 1 saturated heterocycles. The van der Waals surface area contributed by atoms with Crippen molar-refractivity contribution in [3.05, 3.63) is 59.2 Å². The first-order valence-corrected chi connectivity index (χ1v) is 11.0. The molecule has 5 rings (SSSR count). The van der Waals surface area contributed by atoms with Crippen LogP contribution in [0.5, 0.6) is 5.75 Å². The summed E-state index contributed by atoms with van der Waals surface area (Å²) in [6.45, 7) is 1.59. The van der Waals surface area contributed by atoms with E-state index in [1.807, 2.05) is 23.1 Å². The van der Waals surface area contributed by atoms with E-state index in [1.165, 1.54) is 17.4 Å². The minimum absolute atomic E-state index is 0.0793. The Morgan fingerprint density at radius 1 is 1.03 bits per heavy atom. The number of hydrogen-bond acceptors (Lipinski definition) is 4. The van der Waals surface area contributed by atoms with Crippen LogP contribution in [0.15, 0.2) is 48.5 Å². The van der Waals surface area contributed by atoms with Gasteiger partial charge in [-0.05, 0) is 49.6 Å². The van der Waals surface area contributed by atoms with Gasteiger partial charge in [0.1, 0.15) is 11.6 Å². The zero-order valence-electron chi connectivity index (χ0n) is 16.3. The Kier molecular flexibility index (Phi) is 4.90. The Bertz CT molecular complexity index is 1120. The lowest BCUT2D eigenvalue weighted by Gasteiger charge is -2.37. The minimum Gasteiger partial charge on any atom is -0.476 e. The molecule has 1 aromatic heterocycles. The fraction of sp³-hybridized carbons (Fsp3) is 0.304. The van der Waals surface area contributed by atoms with E-state index in [2.05, 4.69) is 0 Å². The van der Waals surface area contributed by atoms with Gasteiger partial charge >= 0.3 is 0 Å². The highest BCUT2D eigenvalue weighted by Crippen LogP contribution is 2.36. The zero-order valence-corrected chi connectivity index (χ0v) is 17.2. The number of nitrogens with zero attached hydrogens (tertiary/aromatic N) is 2. The SMILES string of the molecule is O=C(C1CN(C(=O)c2cc3c(F)cccc3s2)c2ccccc2O1)N1CCCCC1. The van der Waals surface area contributed by atoms with Gasteiger partial charge in [-0.3, -0.25) is 14.5 Å². The lowest BCUT2D eigenvalue weighted by atomic mass is 10.1. The largest absolute Gasteiger partial charge is 0.476 e. The van der Waals surface area contributed by atoms with Crippen LogP contribution in [0.3, 0.4) is 0 Å². The van der Waals surface area contributed by atoms with Crippen molar-refractivity contribution in [2.75, 3.05) is 24.5 Å². The topological polar surface area (TPSA) is 49.9 Å². The summed E-state index contributed by atoms with van der Waals surface area (Å²) in [7, 11) is 0. The molecule has 0 aliphatic carbocycles. The van der Waals surface area contributed by atoms with Crippen LogP contribution in [0.4, 0.5) is 10.1 Å². The predicted molar refractivity (Wildman–Crippen MR) is 115 cm³/mol. The van der Waals surface area contributed by atoms with Gasteiger partial charge in [0.2, 0.25) is 0 Å². The van der Waals surface area contributed by atoms with Crippen molar-refractivity contribution in [2.24, 2.45) is 0 Å². The maximum atomic E-state index is 14.1. The summed E-state index contributed by atoms with van der Waals surface area (Å²) in [5.74, 6) is -0.157. The maximum absolute atomic E-state index is 14.1. The fourth-order valence-corrected chi connectivity index (χ4v) is 5.16. The van der Waals surface area contributed by atoms with Crippen molar-refractivity contribution in [3.8, 4) is 5.75 Å². The van der Waals surface area contributed by atoms with Gasteiger partial charge in [0.25, 0.3) is 11.8 Å². The van der Waals surface area contributed by atoms with Crippen LogP contribution in [0.1, 0.15) is 28.9 Å². The molecule has 2 aliphatic heterocycles. The average molecular weight is 424 g/mol. The smallest absolute Gasteiger partial charge is 0.268 e. The third kappa shape index (κ3) is 3.33. The molecular formula is C23H21FN2O3S. The zero-order chi connectivity index (χ0) is 20.7. The van der Waals surface area contributed by atoms with Crippen molar-refractivity contribution in [1.82, 2.24) is 4.90 Å². The third-order valence-electron chi connectivity index (χ3n) is 5.68. The summed E-state index contributed by atoms with van der Waals surface area (Å²) in [4.78, 5) is 30.4. The number of thiophene rings is 1. The van der Waals surface area contributed by atoms with Crippen LogP contribution in [-0.2, 0) is 4.79 Å². The molecule has 0 bridgehead atoms. The summed E-state index contributed by atoms with van der Waals surface area (Å²) in [6.07, 6.45) is 2.37. The first-order valence-electron chi connectivity index (χ1n) is 10.2. The first-order chi connectivity index (χ1) is 14.6. The van der Waals surface area contributed by atoms with Crippen molar-refractivity contribution in [1.29, 1.82) is 0 Å². The van der Waals surface area contributed by atoms with Crippen molar-refractivity contribution in [2.45, 2.75) is 25.4 Å². The number of anilines is 1. The maximum Gasteiger partial charge on any atom is 0.268 e. The molecular weight excluding hydrogens is 403 g/mol. The van der Waals surface area contributed by atoms with Crippen LogP contribution in [-0.4, -0.2) is 42.5 Å². The average Bonchev–Trinajstić information content (AvgIpc) is 3.24. The monoisotopic (exact) mass is 424 g/mol. The van der Waals surface area contributed by atoms with Crippen LogP contribution in [0.2, 0.25) is 0 Å². The van der Waals surface area contributed by atoms with Crippen molar-refractivity contribution < 1.29 is 18.7 Å². The Morgan fingerprint density at radius 3 is 2.63 bits per heavy atom. The molecule has 2 aromatic carbocycles. The number of piperidine rings is 1. The van der Waals surface area contributed by atoms with Gasteiger partial charge in [-0.25, -0.2) is 4.39 Å². The van der Waals surface area contributed by atoms with Gasteiger partial charge < -0.3 is 9.64 Å². The molecule has 0 spiro atoms. The van der Waals surface area contributed by atoms with Crippen LogP contribution >= 0.6 is 11.3 Å². The lowest BCUT2D eigenvalue weighted by Crippen LogP contribution is -2.52. The highest BCUT2D eigenvalue weighted by Gasteiger charge is 2.37. The molecule has 1 unspecified atom stereocenters. The van der Waals surface area contributed by atoms with E-state index in [0.29, 0.717) is 21.7 Å². The van der Waals surface area contributed by atoms with Gasteiger partial charge in [-0.2, -0.15) is 0 Å². The number of halogens is 1. The van der Waals surface area contributed by atoms with Gasteiger partial charge in [0.15, 0.2) is 6.10 Å². The van der Waals surface area contributed by atoms with Crippen molar-refractivity contribution >= 4 is 38.9 Å². The number of carbonyl (C=O) groups is 2. The van der Waals surface area contributed by atoms with Crippen LogP contribution < -0.4 is 9.64 Å². The standard InChI is InChI=1S/C23H21FN2O3S/c24-16-7-6-10-20-15(16)13-21(30-20)23(28)26-14-19(22(27)25-11-4-1-5-12-25)29-18-9-3-2-8-17(18)26/h2-3,6-10,13,19H,1,4-5,11-12,14H2. The lowest BCUT2D eigenvalue weighted by molar-refractivity contribution is -0.139. The molecule has 154 valence electrons. The second-order valence-corrected chi connectivity index (χ2v) is 8.72. The molecule has 3 aromatic rings. The van der Waals surface area contributed by atoms with E-state index < -0.39 is 6.10 Å². The van der Waals surface area contributed by atoms with Gasteiger partial charge in [0.05, 0.1) is 17.1 Å². The second kappa shape index (κ2) is 7.72. The summed E-state index contributed by atoms with van der Waals surface area (Å²) < 4.78 is 20.9. The molecule has 0 radical (unpaired) electrons. The molecule has 1 fully saturated rings. The molecule has 2 amide bonds. The fourth-order valence-electron chi connectivity index (χ4n) is 4.14. The van der Waals surface area contributed by atoms with Gasteiger partial charge in [0, 0.05) is 23.2 Å². The number of para-hydroxylation sites is 2. The number of fused-ring (bicyclic) bond motifs is 2. The number of likely N-dealkylation sites (tertiary alicyclic amines) is 1. The number of rotatable bonds is 2. The highest BCUT2D eigenvalue weighted by atomic mass is 32.1. The Morgan fingerprint density at radius 2 is 1.83 bits per heavy atom. The Balaban J connectivity index is 1.48. The van der Waals surface area contributed by atoms with E-state index in [-0.39, 0.29) is 24.2 Å². The van der Waals surface area contributed by atoms with E-state index in [0.717, 1.165) is 37.1 Å². The second-order valence-electron chi connectivity index (χ2n) is 7.64. The number of amides is 2. The quantitative estimate of drug-likeness (QED) is 0.610. The van der Waals surface area contributed by atoms with E-state index in [1.54, 1.807) is 29.2 Å². The van der Waals surface area contributed by atoms with Crippen LogP contribution in [0, 0.1) is 5.82 Å². The summed E-state index contributed by atoms with van der Waals surface area (Å²) >= 11 is 1.26. The first kappa shape index (κ1) is 19.1. The molecule has 1 atom stereocenters. The molecule has 7 heteroatoms. The molecule has 5 nitrogen and oxygen atoms in total. The minimum atomic E-state index is -0.743. The Labute approximate surface area is 177 Å². The van der Waals surface area contributed by atoms with Gasteiger partial charge in [-0.15, -0.1) is 11.3 Å². The number of ether oxygens (including phenoxy) is 1. The van der Waals surface area contributed by atoms with E-state index in [9.17, 15) is 14.0 Å². The number of carbonyl (C=O) groups excluding carboxylic acids is 2. The summed E-state index contributed by atoms with van der Waals surface area (Å²) in [6, 6.07) is 13.7. The van der Waals surface area contributed by atoms with E-state index in [4.69, 9.17) is 4.74 Å². The number of hydrogen-bond donors (Lipinski definition) is 0. The van der Waals surface area contributed by atoms with Gasteiger partial charge in [-0.1, -0.05) is 18.2 Å². The molecule has 2 aliphatic rings. The normalized spacial score (nSPS) is 18.8. The third-order valence-corrected chi connectivity index (χ3v) is 6.77. The van der Waals surface area contributed by atoms with E-state index >= 15 is 0 Å². The van der Waals surface area contributed by atoms with Crippen molar-refractivity contribution in [3.63, 3.8) is 0 Å². The molecule has 30 heavy (non-hydrogen) atoms. The number of benzene rings is 2. The molecule has 0 saturated carbocycles. The highest BCUT2D eigenvalue weighted by molar-refractivity contribution is 7.20.